The van der Waals surface area contributed by atoms with Gasteiger partial charge in [0.2, 0.25) is 0 Å². The van der Waals surface area contributed by atoms with Gasteiger partial charge in [0.1, 0.15) is 0 Å². The molecule has 0 amide bonds. The molecule has 4 aromatic carbocycles. The molecule has 3 heteroatoms. The van der Waals surface area contributed by atoms with E-state index in [1.807, 2.05) is 54.7 Å². The molecule has 0 aliphatic rings. The number of benzene rings is 4. The van der Waals surface area contributed by atoms with E-state index in [0.29, 0.717) is 0 Å². The summed E-state index contributed by atoms with van der Waals surface area (Å²) in [6, 6.07) is 41.4. The Morgan fingerprint density at radius 2 is 1.38 bits per heavy atom. The van der Waals surface area contributed by atoms with Crippen LogP contribution in [0.5, 0.6) is 0 Å². The maximum Gasteiger partial charge on any atom is 0.0163 e. The van der Waals surface area contributed by atoms with Gasteiger partial charge in [0.15, 0.2) is 0 Å². The van der Waals surface area contributed by atoms with Crippen molar-refractivity contribution in [2.24, 2.45) is 0 Å². The fourth-order valence-corrected chi connectivity index (χ4v) is 3.85. The molecule has 0 fully saturated rings. The summed E-state index contributed by atoms with van der Waals surface area (Å²) < 4.78 is 0. The van der Waals surface area contributed by atoms with Gasteiger partial charge in [0.25, 0.3) is 0 Å². The molecule has 0 bridgehead atoms. The van der Waals surface area contributed by atoms with Gasteiger partial charge in [-0.1, -0.05) is 70.9 Å². The fraction of sp³-hybridized carbons (Fsp3) is 0.0323. The first-order chi connectivity index (χ1) is 16.3. The first-order valence-corrected chi connectivity index (χ1v) is 10.9. The SMILES string of the molecule is Cc1ccnc(-c2[c-]cc3c(ccc4ccccc43)c2)c1.[Ir].[c-]1ccccc1-c1ccccn1. The molecule has 167 valence electrons. The molecule has 6 aromatic rings. The Kier molecular flexibility index (Phi) is 7.59. The van der Waals surface area contributed by atoms with Crippen molar-refractivity contribution in [1.29, 1.82) is 0 Å². The van der Waals surface area contributed by atoms with Crippen LogP contribution in [0.3, 0.4) is 0 Å². The summed E-state index contributed by atoms with van der Waals surface area (Å²) in [5, 5.41) is 5.00. The van der Waals surface area contributed by atoms with Crippen LogP contribution in [0, 0.1) is 19.1 Å². The van der Waals surface area contributed by atoms with Gasteiger partial charge in [-0.3, -0.25) is 0 Å². The molecule has 0 saturated carbocycles. The van der Waals surface area contributed by atoms with Gasteiger partial charge < -0.3 is 9.97 Å². The number of hydrogen-bond acceptors (Lipinski definition) is 2. The number of pyridine rings is 2. The van der Waals surface area contributed by atoms with E-state index < -0.39 is 0 Å². The maximum absolute atomic E-state index is 4.45. The molecule has 2 aromatic heterocycles. The van der Waals surface area contributed by atoms with Crippen LogP contribution in [-0.4, -0.2) is 9.97 Å². The van der Waals surface area contributed by atoms with Crippen LogP contribution in [0.4, 0.5) is 0 Å². The molecule has 0 aliphatic heterocycles. The van der Waals surface area contributed by atoms with Gasteiger partial charge >= 0.3 is 0 Å². The molecule has 6 rings (SSSR count). The number of rotatable bonds is 2. The Morgan fingerprint density at radius 1 is 0.588 bits per heavy atom. The summed E-state index contributed by atoms with van der Waals surface area (Å²) in [5.41, 5.74) is 5.25. The predicted octanol–water partition coefficient (Wildman–Crippen LogP) is 7.71. The van der Waals surface area contributed by atoms with Crippen LogP contribution in [0.15, 0.2) is 116 Å². The Hall–Kier alpha value is -3.65. The third kappa shape index (κ3) is 5.28. The van der Waals surface area contributed by atoms with Crippen molar-refractivity contribution in [2.45, 2.75) is 6.92 Å². The molecule has 0 atom stereocenters. The zero-order chi connectivity index (χ0) is 22.5. The quantitative estimate of drug-likeness (QED) is 0.148. The van der Waals surface area contributed by atoms with Crippen molar-refractivity contribution in [2.75, 3.05) is 0 Å². The van der Waals surface area contributed by atoms with Crippen LogP contribution >= 0.6 is 0 Å². The van der Waals surface area contributed by atoms with Crippen LogP contribution in [0.25, 0.3) is 44.1 Å². The van der Waals surface area contributed by atoms with Gasteiger partial charge in [0, 0.05) is 32.5 Å². The molecular formula is C31H22IrN2-2. The van der Waals surface area contributed by atoms with Gasteiger partial charge in [0.05, 0.1) is 0 Å². The Bertz CT molecular complexity index is 1480. The topological polar surface area (TPSA) is 25.8 Å². The Morgan fingerprint density at radius 3 is 2.18 bits per heavy atom. The number of nitrogens with zero attached hydrogens (tertiary/aromatic N) is 2. The number of fused-ring (bicyclic) bond motifs is 3. The van der Waals surface area contributed by atoms with Gasteiger partial charge in [-0.05, 0) is 35.8 Å². The molecule has 0 unspecified atom stereocenters. The summed E-state index contributed by atoms with van der Waals surface area (Å²) in [4.78, 5) is 8.67. The normalized spacial score (nSPS) is 10.3. The number of hydrogen-bond donors (Lipinski definition) is 0. The molecular weight excluding hydrogens is 593 g/mol. The summed E-state index contributed by atoms with van der Waals surface area (Å²) in [7, 11) is 0. The summed E-state index contributed by atoms with van der Waals surface area (Å²) >= 11 is 0. The smallest absolute Gasteiger partial charge is 0.0163 e. The number of aromatic nitrogens is 2. The van der Waals surface area contributed by atoms with Crippen molar-refractivity contribution in [1.82, 2.24) is 9.97 Å². The summed E-state index contributed by atoms with van der Waals surface area (Å²) in [6.07, 6.45) is 3.64. The van der Waals surface area contributed by atoms with Crippen LogP contribution in [-0.2, 0) is 20.1 Å². The van der Waals surface area contributed by atoms with E-state index in [9.17, 15) is 0 Å². The van der Waals surface area contributed by atoms with E-state index in [-0.39, 0.29) is 20.1 Å². The zero-order valence-electron chi connectivity index (χ0n) is 18.7. The first-order valence-electron chi connectivity index (χ1n) is 10.9. The van der Waals surface area contributed by atoms with Crippen molar-refractivity contribution in [3.8, 4) is 22.5 Å². The Balaban J connectivity index is 0.000000180. The van der Waals surface area contributed by atoms with E-state index >= 15 is 0 Å². The number of aryl methyl sites for hydroxylation is 1. The molecule has 0 spiro atoms. The van der Waals surface area contributed by atoms with Crippen molar-refractivity contribution in [3.05, 3.63) is 133 Å². The minimum Gasteiger partial charge on any atom is -0.305 e. The second-order valence-corrected chi connectivity index (χ2v) is 7.85. The fourth-order valence-electron chi connectivity index (χ4n) is 3.85. The first kappa shape index (κ1) is 23.5. The standard InChI is InChI=1S/C20H14N.C11H8N.Ir/c1-14-10-11-21-20(12-14)17-8-9-19-16(13-17)7-6-15-4-2-3-5-18(15)19;1-2-6-10(7-3-1)11-8-4-5-9-12-11;/h2-7,9-13H,1H3;1-6,8-9H;/q2*-1;. The van der Waals surface area contributed by atoms with Gasteiger partial charge in [-0.2, -0.15) is 0 Å². The van der Waals surface area contributed by atoms with Gasteiger partial charge in [-0.15, -0.1) is 65.0 Å². The molecule has 2 heterocycles. The summed E-state index contributed by atoms with van der Waals surface area (Å²) in [5.74, 6) is 0. The Labute approximate surface area is 213 Å². The third-order valence-electron chi connectivity index (χ3n) is 5.52. The van der Waals surface area contributed by atoms with Crippen LogP contribution in [0.2, 0.25) is 0 Å². The van der Waals surface area contributed by atoms with Gasteiger partial charge in [-0.25, -0.2) is 0 Å². The molecule has 0 N–H and O–H groups in total. The maximum atomic E-state index is 4.45. The van der Waals surface area contributed by atoms with Crippen LogP contribution in [0.1, 0.15) is 5.56 Å². The van der Waals surface area contributed by atoms with Crippen molar-refractivity contribution in [3.63, 3.8) is 0 Å². The third-order valence-corrected chi connectivity index (χ3v) is 5.52. The minimum absolute atomic E-state index is 0. The second kappa shape index (κ2) is 11.0. The van der Waals surface area contributed by atoms with E-state index in [0.717, 1.165) is 22.5 Å². The second-order valence-electron chi connectivity index (χ2n) is 7.85. The summed E-state index contributed by atoms with van der Waals surface area (Å²) in [6.45, 7) is 2.08. The molecule has 0 aliphatic carbocycles. The van der Waals surface area contributed by atoms with E-state index in [1.54, 1.807) is 6.20 Å². The molecule has 1 radical (unpaired) electrons. The molecule has 0 saturated heterocycles. The molecule has 2 nitrogen and oxygen atoms in total. The average Bonchev–Trinajstić information content (AvgIpc) is 2.90. The zero-order valence-corrected chi connectivity index (χ0v) is 21.1. The van der Waals surface area contributed by atoms with Crippen LogP contribution < -0.4 is 0 Å². The van der Waals surface area contributed by atoms with Crippen molar-refractivity contribution < 1.29 is 20.1 Å². The minimum atomic E-state index is 0. The largest absolute Gasteiger partial charge is 0.305 e. The predicted molar refractivity (Wildman–Crippen MR) is 137 cm³/mol. The monoisotopic (exact) mass is 615 g/mol. The van der Waals surface area contributed by atoms with Crippen molar-refractivity contribution >= 4 is 21.5 Å². The average molecular weight is 615 g/mol. The molecule has 34 heavy (non-hydrogen) atoms. The van der Waals surface area contributed by atoms with E-state index in [2.05, 4.69) is 83.6 Å². The van der Waals surface area contributed by atoms with E-state index in [4.69, 9.17) is 0 Å². The van der Waals surface area contributed by atoms with E-state index in [1.165, 1.54) is 27.1 Å².